The molecule has 1 aromatic heterocycles. The van der Waals surface area contributed by atoms with E-state index in [0.717, 1.165) is 83.6 Å². The fourth-order valence-corrected chi connectivity index (χ4v) is 7.65. The van der Waals surface area contributed by atoms with Gasteiger partial charge in [-0.3, -0.25) is 14.5 Å². The molecule has 2 saturated carbocycles. The maximum atomic E-state index is 13.8. The van der Waals surface area contributed by atoms with Crippen molar-refractivity contribution in [2.75, 3.05) is 44.8 Å². The number of hydrogen-bond acceptors (Lipinski definition) is 9. The SMILES string of the molecule is C[C@H](Oc1cc(N2CCCC3(COC3)C2)nc(C(N)=C2CCC[C@@]3(CCCCC3=O)C2=O)n1)[C@@H]1CCCN1C. The van der Waals surface area contributed by atoms with Gasteiger partial charge in [-0.05, 0) is 78.3 Å². The van der Waals surface area contributed by atoms with Gasteiger partial charge in [0.05, 0.1) is 24.3 Å². The summed E-state index contributed by atoms with van der Waals surface area (Å²) in [4.78, 5) is 41.2. The van der Waals surface area contributed by atoms with E-state index in [4.69, 9.17) is 25.2 Å². The highest BCUT2D eigenvalue weighted by molar-refractivity contribution is 6.17. The summed E-state index contributed by atoms with van der Waals surface area (Å²) in [7, 11) is 2.14. The second kappa shape index (κ2) is 10.5. The number of nitrogens with two attached hydrogens (primary N) is 1. The van der Waals surface area contributed by atoms with Crippen LogP contribution < -0.4 is 15.4 Å². The average molecular weight is 538 g/mol. The normalized spacial score (nSPS) is 31.4. The number of carbonyl (C=O) groups excluding carboxylic acids is 2. The van der Waals surface area contributed by atoms with Gasteiger partial charge in [0.25, 0.3) is 0 Å². The van der Waals surface area contributed by atoms with E-state index < -0.39 is 5.41 Å². The Bertz CT molecular complexity index is 1160. The molecule has 2 aliphatic carbocycles. The van der Waals surface area contributed by atoms with E-state index in [1.54, 1.807) is 0 Å². The number of ether oxygens (including phenoxy) is 2. The van der Waals surface area contributed by atoms with Gasteiger partial charge in [-0.15, -0.1) is 0 Å². The molecule has 6 rings (SSSR count). The summed E-state index contributed by atoms with van der Waals surface area (Å²) in [6.07, 6.45) is 9.27. The molecule has 3 aliphatic heterocycles. The van der Waals surface area contributed by atoms with E-state index in [-0.39, 0.29) is 23.1 Å². The lowest BCUT2D eigenvalue weighted by molar-refractivity contribution is -0.143. The van der Waals surface area contributed by atoms with Crippen LogP contribution in [0.2, 0.25) is 0 Å². The van der Waals surface area contributed by atoms with Crippen LogP contribution in [0.5, 0.6) is 5.88 Å². The summed E-state index contributed by atoms with van der Waals surface area (Å²) in [5, 5.41) is 0. The van der Waals surface area contributed by atoms with Crippen molar-refractivity contribution in [2.24, 2.45) is 16.6 Å². The highest BCUT2D eigenvalue weighted by Gasteiger charge is 2.49. The summed E-state index contributed by atoms with van der Waals surface area (Å²) in [5.41, 5.74) is 6.84. The van der Waals surface area contributed by atoms with Gasteiger partial charge in [-0.1, -0.05) is 6.42 Å². The molecule has 2 spiro atoms. The van der Waals surface area contributed by atoms with Gasteiger partial charge in [0.1, 0.15) is 17.7 Å². The average Bonchev–Trinajstić information content (AvgIpc) is 3.36. The van der Waals surface area contributed by atoms with Crippen LogP contribution in [0.15, 0.2) is 11.6 Å². The zero-order valence-corrected chi connectivity index (χ0v) is 23.5. The van der Waals surface area contributed by atoms with Gasteiger partial charge < -0.3 is 20.1 Å². The topological polar surface area (TPSA) is 111 Å². The molecule has 4 heterocycles. The van der Waals surface area contributed by atoms with Crippen molar-refractivity contribution >= 4 is 23.1 Å². The van der Waals surface area contributed by atoms with Crippen molar-refractivity contribution in [3.05, 3.63) is 17.5 Å². The Hall–Kier alpha value is -2.52. The molecule has 3 atom stereocenters. The third-order valence-corrected chi connectivity index (χ3v) is 10.0. The minimum absolute atomic E-state index is 0.0471. The number of rotatable bonds is 5. The monoisotopic (exact) mass is 537 g/mol. The number of likely N-dealkylation sites (N-methyl/N-ethyl adjacent to an activating group) is 1. The fourth-order valence-electron chi connectivity index (χ4n) is 7.65. The number of likely N-dealkylation sites (tertiary alicyclic amines) is 1. The zero-order valence-electron chi connectivity index (χ0n) is 23.5. The quantitative estimate of drug-likeness (QED) is 0.446. The van der Waals surface area contributed by atoms with Crippen LogP contribution in [0.1, 0.15) is 83.4 Å². The predicted molar refractivity (Wildman–Crippen MR) is 148 cm³/mol. The van der Waals surface area contributed by atoms with E-state index in [0.29, 0.717) is 54.7 Å². The van der Waals surface area contributed by atoms with Gasteiger partial charge in [0, 0.05) is 42.6 Å². The number of anilines is 1. The van der Waals surface area contributed by atoms with Crippen LogP contribution in [-0.2, 0) is 14.3 Å². The molecule has 3 saturated heterocycles. The van der Waals surface area contributed by atoms with Crippen molar-refractivity contribution in [2.45, 2.75) is 89.7 Å². The second-order valence-corrected chi connectivity index (χ2v) is 12.7. The Morgan fingerprint density at radius 2 is 1.90 bits per heavy atom. The molecule has 1 aromatic rings. The van der Waals surface area contributed by atoms with E-state index in [9.17, 15) is 9.59 Å². The number of nitrogens with zero attached hydrogens (tertiary/aromatic N) is 4. The first-order valence-electron chi connectivity index (χ1n) is 15.0. The molecule has 2 N–H and O–H groups in total. The molecular weight excluding hydrogens is 494 g/mol. The summed E-state index contributed by atoms with van der Waals surface area (Å²) in [6, 6.07) is 2.25. The van der Waals surface area contributed by atoms with Crippen molar-refractivity contribution in [3.8, 4) is 5.88 Å². The number of carbonyl (C=O) groups is 2. The molecular formula is C30H43N5O4. The van der Waals surface area contributed by atoms with Gasteiger partial charge in [0.15, 0.2) is 11.6 Å². The molecule has 39 heavy (non-hydrogen) atoms. The smallest absolute Gasteiger partial charge is 0.219 e. The molecule has 5 fully saturated rings. The van der Waals surface area contributed by atoms with Crippen molar-refractivity contribution in [3.63, 3.8) is 0 Å². The maximum absolute atomic E-state index is 13.8. The summed E-state index contributed by atoms with van der Waals surface area (Å²) < 4.78 is 12.0. The number of hydrogen-bond donors (Lipinski definition) is 1. The van der Waals surface area contributed by atoms with E-state index in [2.05, 4.69) is 23.8 Å². The maximum Gasteiger partial charge on any atom is 0.219 e. The molecule has 0 unspecified atom stereocenters. The highest BCUT2D eigenvalue weighted by atomic mass is 16.5. The Balaban J connectivity index is 1.35. The van der Waals surface area contributed by atoms with Crippen LogP contribution in [0, 0.1) is 10.8 Å². The van der Waals surface area contributed by atoms with Crippen molar-refractivity contribution in [1.29, 1.82) is 0 Å². The molecule has 0 bridgehead atoms. The van der Waals surface area contributed by atoms with E-state index in [1.807, 2.05) is 6.07 Å². The largest absolute Gasteiger partial charge is 0.473 e. The van der Waals surface area contributed by atoms with Gasteiger partial charge in [-0.2, -0.15) is 4.98 Å². The number of aromatic nitrogens is 2. The van der Waals surface area contributed by atoms with Crippen LogP contribution in [-0.4, -0.2) is 78.5 Å². The third kappa shape index (κ3) is 4.86. The molecule has 0 aromatic carbocycles. The standard InChI is InChI=1S/C30H43N5O4/c1-20(22-9-6-14-34(22)2)39-25-16-24(35-15-7-11-29(17-35)18-38-19-29)32-28(33-25)26(31)21-8-5-13-30(27(21)37)12-4-3-10-23(30)36/h16,20,22H,3-15,17-19,31H2,1-2H3/t20-,22-,30+/m0/s1. The Morgan fingerprint density at radius 1 is 1.08 bits per heavy atom. The summed E-state index contributed by atoms with van der Waals surface area (Å²) >= 11 is 0. The lowest BCUT2D eigenvalue weighted by Crippen LogP contribution is -2.54. The molecule has 212 valence electrons. The fraction of sp³-hybridized carbons (Fsp3) is 0.733. The molecule has 0 amide bonds. The molecule has 9 nitrogen and oxygen atoms in total. The van der Waals surface area contributed by atoms with Crippen LogP contribution in [0.4, 0.5) is 5.82 Å². The van der Waals surface area contributed by atoms with Crippen molar-refractivity contribution in [1.82, 2.24) is 14.9 Å². The second-order valence-electron chi connectivity index (χ2n) is 12.7. The first kappa shape index (κ1) is 26.7. The lowest BCUT2D eigenvalue weighted by atomic mass is 9.62. The Kier molecular flexibility index (Phi) is 7.16. The molecule has 9 heteroatoms. The first-order valence-corrected chi connectivity index (χ1v) is 15.0. The third-order valence-electron chi connectivity index (χ3n) is 10.0. The number of Topliss-reactive ketones (excluding diaryl/α,β-unsaturated/α-hetero) is 2. The van der Waals surface area contributed by atoms with Crippen LogP contribution in [0.3, 0.4) is 0 Å². The minimum atomic E-state index is -0.904. The number of ketones is 2. The number of allylic oxidation sites excluding steroid dienone is 1. The first-order chi connectivity index (χ1) is 18.8. The lowest BCUT2D eigenvalue weighted by Gasteiger charge is -2.48. The highest BCUT2D eigenvalue weighted by Crippen LogP contribution is 2.46. The van der Waals surface area contributed by atoms with Crippen LogP contribution in [0.25, 0.3) is 5.70 Å². The van der Waals surface area contributed by atoms with E-state index in [1.165, 1.54) is 0 Å². The van der Waals surface area contributed by atoms with E-state index >= 15 is 0 Å². The zero-order chi connectivity index (χ0) is 27.2. The summed E-state index contributed by atoms with van der Waals surface area (Å²) in [5.74, 6) is 1.59. The van der Waals surface area contributed by atoms with Gasteiger partial charge >= 0.3 is 0 Å². The predicted octanol–water partition coefficient (Wildman–Crippen LogP) is 3.51. The molecule has 5 aliphatic rings. The van der Waals surface area contributed by atoms with Crippen molar-refractivity contribution < 1.29 is 19.1 Å². The Morgan fingerprint density at radius 3 is 2.62 bits per heavy atom. The Labute approximate surface area is 231 Å². The minimum Gasteiger partial charge on any atom is -0.473 e. The van der Waals surface area contributed by atoms with Gasteiger partial charge in [0.2, 0.25) is 5.88 Å². The van der Waals surface area contributed by atoms with Crippen LogP contribution >= 0.6 is 0 Å². The molecule has 0 radical (unpaired) electrons. The summed E-state index contributed by atoms with van der Waals surface area (Å²) in [6.45, 7) is 6.50. The van der Waals surface area contributed by atoms with Gasteiger partial charge in [-0.25, -0.2) is 4.98 Å². The number of piperidine rings is 1.